The van der Waals surface area contributed by atoms with Gasteiger partial charge in [-0.25, -0.2) is 0 Å². The van der Waals surface area contributed by atoms with Crippen molar-refractivity contribution in [1.82, 2.24) is 0 Å². The number of benzene rings is 1. The van der Waals surface area contributed by atoms with Gasteiger partial charge >= 0.3 is 6.36 Å². The lowest BCUT2D eigenvalue weighted by atomic mass is 10.1. The molecule has 1 rings (SSSR count). The summed E-state index contributed by atoms with van der Waals surface area (Å²) in [5, 5.41) is -0.0736. The van der Waals surface area contributed by atoms with Crippen molar-refractivity contribution in [1.29, 1.82) is 0 Å². The zero-order valence-electron chi connectivity index (χ0n) is 8.51. The van der Waals surface area contributed by atoms with Crippen molar-refractivity contribution in [2.75, 3.05) is 0 Å². The standard InChI is InChI=1S/C10H11ClF3NO/c1-6(15)4-7-2-3-9(8(11)5-7)16-10(12,13)14/h2-3,5-6H,4,15H2,1H3/t6-/m1/s1. The number of halogens is 4. The number of alkyl halides is 3. The van der Waals surface area contributed by atoms with Gasteiger partial charge in [0.15, 0.2) is 0 Å². The number of ether oxygens (including phenoxy) is 1. The van der Waals surface area contributed by atoms with Crippen LogP contribution in [-0.2, 0) is 6.42 Å². The summed E-state index contributed by atoms with van der Waals surface area (Å²) in [5.74, 6) is -0.400. The van der Waals surface area contributed by atoms with Gasteiger partial charge in [0.1, 0.15) is 5.75 Å². The highest BCUT2D eigenvalue weighted by Gasteiger charge is 2.31. The smallest absolute Gasteiger partial charge is 0.404 e. The van der Waals surface area contributed by atoms with Crippen molar-refractivity contribution in [3.8, 4) is 5.75 Å². The van der Waals surface area contributed by atoms with E-state index in [1.54, 1.807) is 6.92 Å². The summed E-state index contributed by atoms with van der Waals surface area (Å²) in [6.45, 7) is 1.80. The van der Waals surface area contributed by atoms with Crippen molar-refractivity contribution in [3.63, 3.8) is 0 Å². The van der Waals surface area contributed by atoms with E-state index in [1.807, 2.05) is 0 Å². The Morgan fingerprint density at radius 3 is 2.50 bits per heavy atom. The average Bonchev–Trinajstić information content (AvgIpc) is 2.06. The third kappa shape index (κ3) is 4.28. The van der Waals surface area contributed by atoms with E-state index in [-0.39, 0.29) is 11.1 Å². The second-order valence-corrected chi connectivity index (χ2v) is 3.90. The Hall–Kier alpha value is -0.940. The molecule has 0 saturated carbocycles. The van der Waals surface area contributed by atoms with Crippen LogP contribution in [0.2, 0.25) is 5.02 Å². The zero-order valence-corrected chi connectivity index (χ0v) is 9.27. The minimum Gasteiger partial charge on any atom is -0.404 e. The molecule has 0 aliphatic heterocycles. The van der Waals surface area contributed by atoms with Crippen LogP contribution in [0.4, 0.5) is 13.2 Å². The molecule has 0 aromatic heterocycles. The molecule has 2 nitrogen and oxygen atoms in total. The fourth-order valence-electron chi connectivity index (χ4n) is 1.25. The summed E-state index contributed by atoms with van der Waals surface area (Å²) >= 11 is 5.65. The highest BCUT2D eigenvalue weighted by atomic mass is 35.5. The van der Waals surface area contributed by atoms with Gasteiger partial charge in [-0.1, -0.05) is 17.7 Å². The molecule has 0 bridgehead atoms. The van der Waals surface area contributed by atoms with Gasteiger partial charge in [-0.15, -0.1) is 13.2 Å². The van der Waals surface area contributed by atoms with Crippen molar-refractivity contribution in [2.24, 2.45) is 5.73 Å². The third-order valence-corrected chi connectivity index (χ3v) is 2.08. The molecule has 6 heteroatoms. The maximum atomic E-state index is 11.9. The Balaban J connectivity index is 2.83. The van der Waals surface area contributed by atoms with Crippen molar-refractivity contribution >= 4 is 11.6 Å². The molecule has 0 aliphatic rings. The van der Waals surface area contributed by atoms with E-state index in [4.69, 9.17) is 17.3 Å². The predicted octanol–water partition coefficient (Wildman–Crippen LogP) is 3.13. The van der Waals surface area contributed by atoms with Gasteiger partial charge in [-0.05, 0) is 31.0 Å². The molecule has 0 heterocycles. The molecule has 0 saturated heterocycles. The van der Waals surface area contributed by atoms with E-state index in [9.17, 15) is 13.2 Å². The Kier molecular flexibility index (Phi) is 4.04. The molecule has 0 aliphatic carbocycles. The number of rotatable bonds is 3. The van der Waals surface area contributed by atoms with Crippen molar-refractivity contribution < 1.29 is 17.9 Å². The molecular formula is C10H11ClF3NO. The van der Waals surface area contributed by atoms with Gasteiger partial charge in [0.05, 0.1) is 5.02 Å². The van der Waals surface area contributed by atoms with Crippen LogP contribution in [-0.4, -0.2) is 12.4 Å². The van der Waals surface area contributed by atoms with Crippen molar-refractivity contribution in [2.45, 2.75) is 25.7 Å². The lowest BCUT2D eigenvalue weighted by Crippen LogP contribution is -2.18. The van der Waals surface area contributed by atoms with Crippen LogP contribution in [0.3, 0.4) is 0 Å². The minimum absolute atomic E-state index is 0.0736. The number of hydrogen-bond acceptors (Lipinski definition) is 2. The van der Waals surface area contributed by atoms with E-state index < -0.39 is 12.1 Å². The second kappa shape index (κ2) is 4.93. The third-order valence-electron chi connectivity index (χ3n) is 1.78. The van der Waals surface area contributed by atoms with Gasteiger partial charge < -0.3 is 10.5 Å². The van der Waals surface area contributed by atoms with Crippen LogP contribution >= 0.6 is 11.6 Å². The van der Waals surface area contributed by atoms with E-state index >= 15 is 0 Å². The van der Waals surface area contributed by atoms with Gasteiger partial charge in [0.25, 0.3) is 0 Å². The molecule has 0 unspecified atom stereocenters. The van der Waals surface area contributed by atoms with Crippen LogP contribution in [0.15, 0.2) is 18.2 Å². The quantitative estimate of drug-likeness (QED) is 0.898. The van der Waals surface area contributed by atoms with Crippen LogP contribution in [0.5, 0.6) is 5.75 Å². The summed E-state index contributed by atoms with van der Waals surface area (Å²) in [5.41, 5.74) is 6.33. The summed E-state index contributed by atoms with van der Waals surface area (Å²) in [7, 11) is 0. The fraction of sp³-hybridized carbons (Fsp3) is 0.400. The largest absolute Gasteiger partial charge is 0.573 e. The summed E-state index contributed by atoms with van der Waals surface area (Å²) in [4.78, 5) is 0. The Labute approximate surface area is 96.1 Å². The Morgan fingerprint density at radius 2 is 2.06 bits per heavy atom. The van der Waals surface area contributed by atoms with E-state index in [1.165, 1.54) is 18.2 Å². The molecule has 1 aromatic carbocycles. The molecular weight excluding hydrogens is 243 g/mol. The summed E-state index contributed by atoms with van der Waals surface area (Å²) in [6.07, 6.45) is -4.18. The van der Waals surface area contributed by atoms with Crippen molar-refractivity contribution in [3.05, 3.63) is 28.8 Å². The monoisotopic (exact) mass is 253 g/mol. The minimum atomic E-state index is -4.73. The Morgan fingerprint density at radius 1 is 1.44 bits per heavy atom. The lowest BCUT2D eigenvalue weighted by molar-refractivity contribution is -0.274. The van der Waals surface area contributed by atoms with Gasteiger partial charge in [0, 0.05) is 6.04 Å². The average molecular weight is 254 g/mol. The highest BCUT2D eigenvalue weighted by Crippen LogP contribution is 2.30. The van der Waals surface area contributed by atoms with Gasteiger partial charge in [-0.2, -0.15) is 0 Å². The lowest BCUT2D eigenvalue weighted by Gasteiger charge is -2.12. The maximum absolute atomic E-state index is 11.9. The van der Waals surface area contributed by atoms with Crippen LogP contribution in [0.1, 0.15) is 12.5 Å². The first-order valence-corrected chi connectivity index (χ1v) is 4.95. The molecule has 0 amide bonds. The van der Waals surface area contributed by atoms with E-state index in [0.717, 1.165) is 5.56 Å². The molecule has 0 spiro atoms. The Bertz CT molecular complexity index is 366. The fourth-order valence-corrected chi connectivity index (χ4v) is 1.49. The molecule has 0 radical (unpaired) electrons. The maximum Gasteiger partial charge on any atom is 0.573 e. The van der Waals surface area contributed by atoms with Gasteiger partial charge in [-0.3, -0.25) is 0 Å². The molecule has 2 N–H and O–H groups in total. The first-order valence-electron chi connectivity index (χ1n) is 4.57. The molecule has 1 atom stereocenters. The molecule has 16 heavy (non-hydrogen) atoms. The van der Waals surface area contributed by atoms with Crippen LogP contribution in [0.25, 0.3) is 0 Å². The van der Waals surface area contributed by atoms with E-state index in [0.29, 0.717) is 6.42 Å². The topological polar surface area (TPSA) is 35.2 Å². The second-order valence-electron chi connectivity index (χ2n) is 3.49. The summed E-state index contributed by atoms with van der Waals surface area (Å²) in [6, 6.07) is 4.04. The summed E-state index contributed by atoms with van der Waals surface area (Å²) < 4.78 is 39.5. The number of nitrogens with two attached hydrogens (primary N) is 1. The van der Waals surface area contributed by atoms with Crippen LogP contribution < -0.4 is 10.5 Å². The zero-order chi connectivity index (χ0) is 12.3. The van der Waals surface area contributed by atoms with Crippen LogP contribution in [0, 0.1) is 0 Å². The van der Waals surface area contributed by atoms with E-state index in [2.05, 4.69) is 4.74 Å². The molecule has 1 aromatic rings. The predicted molar refractivity (Wildman–Crippen MR) is 55.5 cm³/mol. The highest BCUT2D eigenvalue weighted by molar-refractivity contribution is 6.32. The molecule has 90 valence electrons. The first-order chi connectivity index (χ1) is 7.28. The SMILES string of the molecule is C[C@@H](N)Cc1ccc(OC(F)(F)F)c(Cl)c1. The molecule has 0 fully saturated rings. The normalized spacial score (nSPS) is 13.6. The van der Waals surface area contributed by atoms with Gasteiger partial charge in [0.2, 0.25) is 0 Å². The number of hydrogen-bond donors (Lipinski definition) is 1. The first kappa shape index (κ1) is 13.1.